The summed E-state index contributed by atoms with van der Waals surface area (Å²) in [7, 11) is 0. The second-order valence-electron chi connectivity index (χ2n) is 8.66. The SMILES string of the molecule is Cc1nnc2nc(NCc3cc(N)cc(C(F)(F)F)c3)c3c(n12)CN(C(=O)C1CCOCC1)C3. The molecular weight excluding hydrogens is 451 g/mol. The standard InChI is InChI=1S/C22H24F3N7O2/c1-12-29-30-21-28-19(27-9-13-6-15(22(23,24)25)8-16(26)7-13)17-10-31(11-18(17)32(12)21)20(33)14-2-4-34-5-3-14/h6-8,14H,2-5,9-11,26H2,1H3,(H,27,28,30). The summed E-state index contributed by atoms with van der Waals surface area (Å²) in [4.78, 5) is 19.5. The van der Waals surface area contributed by atoms with Gasteiger partial charge in [-0.2, -0.15) is 18.2 Å². The average Bonchev–Trinajstić information content (AvgIpc) is 3.40. The van der Waals surface area contributed by atoms with Crippen molar-refractivity contribution in [2.24, 2.45) is 5.92 Å². The quantitative estimate of drug-likeness (QED) is 0.558. The molecule has 34 heavy (non-hydrogen) atoms. The summed E-state index contributed by atoms with van der Waals surface area (Å²) in [6, 6.07) is 3.46. The summed E-state index contributed by atoms with van der Waals surface area (Å²) in [6.07, 6.45) is -3.12. The predicted molar refractivity (Wildman–Crippen MR) is 116 cm³/mol. The molecule has 1 fully saturated rings. The van der Waals surface area contributed by atoms with E-state index in [1.807, 2.05) is 11.3 Å². The van der Waals surface area contributed by atoms with Crippen LogP contribution in [0.4, 0.5) is 24.7 Å². The van der Waals surface area contributed by atoms with Crippen LogP contribution in [0.5, 0.6) is 0 Å². The van der Waals surface area contributed by atoms with Gasteiger partial charge in [0.2, 0.25) is 5.91 Å². The molecule has 2 aromatic heterocycles. The highest BCUT2D eigenvalue weighted by Gasteiger charge is 2.34. The monoisotopic (exact) mass is 475 g/mol. The van der Waals surface area contributed by atoms with Gasteiger partial charge in [0.25, 0.3) is 5.78 Å². The van der Waals surface area contributed by atoms with Gasteiger partial charge in [-0.25, -0.2) is 0 Å². The number of nitrogens with two attached hydrogens (primary N) is 1. The maximum absolute atomic E-state index is 13.2. The van der Waals surface area contributed by atoms with E-state index < -0.39 is 11.7 Å². The number of carbonyl (C=O) groups excluding carboxylic acids is 1. The van der Waals surface area contributed by atoms with Gasteiger partial charge in [0.1, 0.15) is 11.6 Å². The number of rotatable bonds is 4. The third-order valence-corrected chi connectivity index (χ3v) is 6.30. The first-order chi connectivity index (χ1) is 16.2. The fraction of sp³-hybridized carbons (Fsp3) is 0.455. The molecule has 0 atom stereocenters. The topological polar surface area (TPSA) is 111 Å². The van der Waals surface area contributed by atoms with Crippen LogP contribution in [0.1, 0.15) is 41.1 Å². The number of anilines is 2. The molecule has 9 nitrogen and oxygen atoms in total. The van der Waals surface area contributed by atoms with Crippen LogP contribution in [0, 0.1) is 12.8 Å². The first-order valence-electron chi connectivity index (χ1n) is 11.0. The van der Waals surface area contributed by atoms with Gasteiger partial charge in [-0.05, 0) is 43.5 Å². The number of hydrogen-bond acceptors (Lipinski definition) is 7. The lowest BCUT2D eigenvalue weighted by molar-refractivity contribution is -0.139. The van der Waals surface area contributed by atoms with Gasteiger partial charge < -0.3 is 20.7 Å². The fourth-order valence-electron chi connectivity index (χ4n) is 4.61. The maximum Gasteiger partial charge on any atom is 0.416 e. The molecule has 2 aliphatic heterocycles. The minimum absolute atomic E-state index is 0.0292. The number of benzene rings is 1. The van der Waals surface area contributed by atoms with Crippen molar-refractivity contribution >= 4 is 23.2 Å². The third-order valence-electron chi connectivity index (χ3n) is 6.30. The number of nitrogens with zero attached hydrogens (tertiary/aromatic N) is 5. The summed E-state index contributed by atoms with van der Waals surface area (Å²) >= 11 is 0. The van der Waals surface area contributed by atoms with Gasteiger partial charge in [-0.3, -0.25) is 9.20 Å². The second kappa shape index (κ2) is 8.42. The predicted octanol–water partition coefficient (Wildman–Crippen LogP) is 2.91. The molecule has 0 spiro atoms. The number of hydrogen-bond donors (Lipinski definition) is 2. The summed E-state index contributed by atoms with van der Waals surface area (Å²) in [5.74, 6) is 1.46. The van der Waals surface area contributed by atoms with Crippen LogP contribution in [-0.2, 0) is 35.3 Å². The first kappa shape index (κ1) is 22.4. The zero-order chi connectivity index (χ0) is 24.0. The van der Waals surface area contributed by atoms with Crippen molar-refractivity contribution in [3.05, 3.63) is 46.4 Å². The van der Waals surface area contributed by atoms with Crippen LogP contribution in [0.15, 0.2) is 18.2 Å². The van der Waals surface area contributed by atoms with Crippen molar-refractivity contribution in [3.8, 4) is 0 Å². The number of aryl methyl sites for hydroxylation is 1. The molecule has 12 heteroatoms. The molecule has 0 unspecified atom stereocenters. The summed E-state index contributed by atoms with van der Waals surface area (Å²) < 4.78 is 46.8. The minimum atomic E-state index is -4.49. The molecule has 180 valence electrons. The lowest BCUT2D eigenvalue weighted by Gasteiger charge is -2.26. The van der Waals surface area contributed by atoms with Gasteiger partial charge in [0, 0.05) is 36.9 Å². The van der Waals surface area contributed by atoms with Crippen molar-refractivity contribution in [2.45, 2.75) is 45.6 Å². The molecule has 0 saturated carbocycles. The largest absolute Gasteiger partial charge is 0.416 e. The molecule has 3 N–H and O–H groups in total. The van der Waals surface area contributed by atoms with Crippen LogP contribution in [-0.4, -0.2) is 43.6 Å². The maximum atomic E-state index is 13.2. The molecule has 4 heterocycles. The Morgan fingerprint density at radius 3 is 2.71 bits per heavy atom. The lowest BCUT2D eigenvalue weighted by atomic mass is 9.99. The van der Waals surface area contributed by atoms with E-state index >= 15 is 0 Å². The highest BCUT2D eigenvalue weighted by Crippen LogP contribution is 2.34. The number of carbonyl (C=O) groups is 1. The third kappa shape index (κ3) is 4.13. The van der Waals surface area contributed by atoms with E-state index in [2.05, 4.69) is 20.5 Å². The number of ether oxygens (including phenoxy) is 1. The Morgan fingerprint density at radius 1 is 1.21 bits per heavy atom. The van der Waals surface area contributed by atoms with Crippen LogP contribution < -0.4 is 11.1 Å². The summed E-state index contributed by atoms with van der Waals surface area (Å²) in [5, 5.41) is 11.3. The van der Waals surface area contributed by atoms with E-state index in [1.54, 1.807) is 4.90 Å². The van der Waals surface area contributed by atoms with E-state index in [-0.39, 0.29) is 24.1 Å². The molecule has 0 aliphatic carbocycles. The number of halogens is 3. The van der Waals surface area contributed by atoms with E-state index in [0.29, 0.717) is 62.1 Å². The Hall–Kier alpha value is -3.41. The highest BCUT2D eigenvalue weighted by molar-refractivity contribution is 5.80. The molecule has 3 aromatic rings. The molecular formula is C22H24F3N7O2. The Kier molecular flexibility index (Phi) is 5.54. The van der Waals surface area contributed by atoms with Gasteiger partial charge in [0.05, 0.1) is 24.3 Å². The van der Waals surface area contributed by atoms with Crippen molar-refractivity contribution in [1.29, 1.82) is 0 Å². The second-order valence-corrected chi connectivity index (χ2v) is 8.66. The van der Waals surface area contributed by atoms with Crippen molar-refractivity contribution < 1.29 is 22.7 Å². The smallest absolute Gasteiger partial charge is 0.399 e. The molecule has 0 radical (unpaired) electrons. The van der Waals surface area contributed by atoms with Crippen molar-refractivity contribution in [3.63, 3.8) is 0 Å². The fourth-order valence-corrected chi connectivity index (χ4v) is 4.61. The highest BCUT2D eigenvalue weighted by atomic mass is 19.4. The van der Waals surface area contributed by atoms with Crippen LogP contribution in [0.2, 0.25) is 0 Å². The van der Waals surface area contributed by atoms with E-state index in [1.165, 1.54) is 6.07 Å². The summed E-state index contributed by atoms with van der Waals surface area (Å²) in [6.45, 7) is 3.75. The Balaban J connectivity index is 1.44. The van der Waals surface area contributed by atoms with E-state index in [4.69, 9.17) is 10.5 Å². The van der Waals surface area contributed by atoms with Crippen LogP contribution >= 0.6 is 0 Å². The van der Waals surface area contributed by atoms with Crippen LogP contribution in [0.3, 0.4) is 0 Å². The first-order valence-corrected chi connectivity index (χ1v) is 11.0. The molecule has 2 aliphatic rings. The molecule has 0 bridgehead atoms. The van der Waals surface area contributed by atoms with Crippen molar-refractivity contribution in [1.82, 2.24) is 24.5 Å². The number of amides is 1. The van der Waals surface area contributed by atoms with Crippen LogP contribution in [0.25, 0.3) is 5.78 Å². The zero-order valence-electron chi connectivity index (χ0n) is 18.5. The molecule has 5 rings (SSSR count). The van der Waals surface area contributed by atoms with Gasteiger partial charge in [-0.1, -0.05) is 0 Å². The van der Waals surface area contributed by atoms with E-state index in [0.717, 1.165) is 23.4 Å². The Bertz CT molecular complexity index is 1250. The number of nitrogen functional groups attached to an aromatic ring is 1. The molecule has 1 aromatic carbocycles. The molecule has 1 saturated heterocycles. The number of aromatic nitrogens is 4. The zero-order valence-corrected chi connectivity index (χ0v) is 18.5. The Morgan fingerprint density at radius 2 is 1.97 bits per heavy atom. The van der Waals surface area contributed by atoms with Gasteiger partial charge in [-0.15, -0.1) is 10.2 Å². The number of nitrogens with one attached hydrogen (secondary N) is 1. The van der Waals surface area contributed by atoms with Gasteiger partial charge >= 0.3 is 6.18 Å². The normalized spacial score (nSPS) is 16.8. The number of fused-ring (bicyclic) bond motifs is 3. The Labute approximate surface area is 193 Å². The number of alkyl halides is 3. The van der Waals surface area contributed by atoms with Crippen molar-refractivity contribution in [2.75, 3.05) is 24.3 Å². The van der Waals surface area contributed by atoms with E-state index in [9.17, 15) is 18.0 Å². The van der Waals surface area contributed by atoms with Gasteiger partial charge in [0.15, 0.2) is 0 Å². The summed E-state index contributed by atoms with van der Waals surface area (Å²) in [5.41, 5.74) is 6.94. The minimum Gasteiger partial charge on any atom is -0.399 e. The molecule has 1 amide bonds. The lowest BCUT2D eigenvalue weighted by Crippen LogP contribution is -2.35. The average molecular weight is 475 g/mol.